The maximum absolute atomic E-state index is 12.4. The van der Waals surface area contributed by atoms with Crippen LogP contribution in [0.25, 0.3) is 11.4 Å². The molecule has 7 heteroatoms. The molecule has 1 N–H and O–H groups in total. The van der Waals surface area contributed by atoms with Crippen molar-refractivity contribution in [3.05, 3.63) is 75.9 Å². The summed E-state index contributed by atoms with van der Waals surface area (Å²) in [5, 5.41) is 6.01. The van der Waals surface area contributed by atoms with Crippen LogP contribution >= 0.6 is 11.3 Å². The zero-order valence-electron chi connectivity index (χ0n) is 15.1. The Balaban J connectivity index is 1.36. The first-order chi connectivity index (χ1) is 13.1. The van der Waals surface area contributed by atoms with Gasteiger partial charge < -0.3 is 5.32 Å². The van der Waals surface area contributed by atoms with Crippen LogP contribution < -0.4 is 5.32 Å². The lowest BCUT2D eigenvalue weighted by Crippen LogP contribution is -2.24. The summed E-state index contributed by atoms with van der Waals surface area (Å²) in [6.45, 7) is 4.35. The summed E-state index contributed by atoms with van der Waals surface area (Å²) < 4.78 is 1.92. The molecule has 0 radical (unpaired) electrons. The maximum Gasteiger partial charge on any atom is 0.247 e. The average Bonchev–Trinajstić information content (AvgIpc) is 3.41. The van der Waals surface area contributed by atoms with E-state index in [1.165, 1.54) is 0 Å². The highest BCUT2D eigenvalue weighted by atomic mass is 32.1. The van der Waals surface area contributed by atoms with Gasteiger partial charge in [-0.25, -0.2) is 15.0 Å². The third kappa shape index (κ3) is 3.73. The lowest BCUT2D eigenvalue weighted by molar-refractivity contribution is -0.117. The molecule has 136 valence electrons. The Morgan fingerprint density at radius 2 is 2.19 bits per heavy atom. The first kappa shape index (κ1) is 17.4. The van der Waals surface area contributed by atoms with Crippen LogP contribution in [0.3, 0.4) is 0 Å². The minimum absolute atomic E-state index is 0.0530. The summed E-state index contributed by atoms with van der Waals surface area (Å²) in [6, 6.07) is 3.89. The molecule has 1 aliphatic rings. The Bertz CT molecular complexity index is 1040. The van der Waals surface area contributed by atoms with Crippen molar-refractivity contribution in [1.82, 2.24) is 24.8 Å². The number of nitrogens with zero attached hydrogens (tertiary/aromatic N) is 4. The smallest absolute Gasteiger partial charge is 0.247 e. The fourth-order valence-electron chi connectivity index (χ4n) is 2.94. The van der Waals surface area contributed by atoms with E-state index in [0.717, 1.165) is 39.1 Å². The van der Waals surface area contributed by atoms with E-state index in [9.17, 15) is 4.79 Å². The molecule has 0 fully saturated rings. The van der Waals surface area contributed by atoms with Gasteiger partial charge >= 0.3 is 0 Å². The molecule has 0 saturated carbocycles. The summed E-state index contributed by atoms with van der Waals surface area (Å²) >= 11 is 1.61. The van der Waals surface area contributed by atoms with Gasteiger partial charge in [0.2, 0.25) is 5.91 Å². The Kier molecular flexibility index (Phi) is 4.68. The lowest BCUT2D eigenvalue weighted by Gasteiger charge is -2.07. The van der Waals surface area contributed by atoms with Gasteiger partial charge in [0.05, 0.1) is 10.7 Å². The predicted molar refractivity (Wildman–Crippen MR) is 105 cm³/mol. The van der Waals surface area contributed by atoms with Gasteiger partial charge in [0, 0.05) is 36.1 Å². The van der Waals surface area contributed by atoms with Gasteiger partial charge in [0.15, 0.2) is 0 Å². The topological polar surface area (TPSA) is 72.7 Å². The third-order valence-electron chi connectivity index (χ3n) is 4.41. The number of aryl methyl sites for hydroxylation is 2. The molecule has 3 aromatic heterocycles. The second-order valence-electron chi connectivity index (χ2n) is 6.34. The van der Waals surface area contributed by atoms with Gasteiger partial charge in [-0.3, -0.25) is 9.36 Å². The molecule has 0 aromatic carbocycles. The fourth-order valence-corrected chi connectivity index (χ4v) is 3.56. The van der Waals surface area contributed by atoms with Crippen molar-refractivity contribution < 1.29 is 4.79 Å². The monoisotopic (exact) mass is 377 g/mol. The number of imidazole rings is 1. The number of allylic oxidation sites excluding steroid dienone is 3. The van der Waals surface area contributed by atoms with Crippen LogP contribution in [0.4, 0.5) is 0 Å². The zero-order chi connectivity index (χ0) is 18.8. The zero-order valence-corrected chi connectivity index (χ0v) is 16.0. The Hall–Kier alpha value is -3.06. The van der Waals surface area contributed by atoms with Crippen LogP contribution in [0.2, 0.25) is 0 Å². The highest BCUT2D eigenvalue weighted by Crippen LogP contribution is 2.27. The maximum atomic E-state index is 12.4. The number of hydrogen-bond acceptors (Lipinski definition) is 5. The molecule has 0 bridgehead atoms. The summed E-state index contributed by atoms with van der Waals surface area (Å²) in [7, 11) is 0. The van der Waals surface area contributed by atoms with E-state index in [-0.39, 0.29) is 5.91 Å². The number of rotatable bonds is 5. The van der Waals surface area contributed by atoms with Crippen molar-refractivity contribution in [1.29, 1.82) is 0 Å². The van der Waals surface area contributed by atoms with E-state index < -0.39 is 0 Å². The van der Waals surface area contributed by atoms with Crippen LogP contribution in [0.5, 0.6) is 0 Å². The van der Waals surface area contributed by atoms with Crippen molar-refractivity contribution in [2.45, 2.75) is 26.8 Å². The number of carbonyl (C=O) groups excluding carboxylic acids is 1. The van der Waals surface area contributed by atoms with E-state index >= 15 is 0 Å². The van der Waals surface area contributed by atoms with E-state index in [1.54, 1.807) is 23.7 Å². The van der Waals surface area contributed by atoms with E-state index in [0.29, 0.717) is 13.0 Å². The van der Waals surface area contributed by atoms with Gasteiger partial charge in [-0.05, 0) is 43.5 Å². The molecular weight excluding hydrogens is 358 g/mol. The second-order valence-corrected chi connectivity index (χ2v) is 7.40. The van der Waals surface area contributed by atoms with Crippen LogP contribution in [0.1, 0.15) is 28.5 Å². The molecule has 0 aliphatic heterocycles. The lowest BCUT2D eigenvalue weighted by atomic mass is 10.2. The van der Waals surface area contributed by atoms with Gasteiger partial charge in [0.25, 0.3) is 0 Å². The van der Waals surface area contributed by atoms with Gasteiger partial charge in [-0.2, -0.15) is 0 Å². The highest BCUT2D eigenvalue weighted by Gasteiger charge is 2.16. The molecule has 3 aromatic rings. The first-order valence-electron chi connectivity index (χ1n) is 8.67. The summed E-state index contributed by atoms with van der Waals surface area (Å²) in [5.74, 6) is 1.64. The number of carbonyl (C=O) groups is 1. The van der Waals surface area contributed by atoms with Crippen molar-refractivity contribution in [2.75, 3.05) is 0 Å². The molecule has 3 heterocycles. The van der Waals surface area contributed by atoms with Crippen molar-refractivity contribution in [3.63, 3.8) is 0 Å². The van der Waals surface area contributed by atoms with Crippen LogP contribution in [-0.4, -0.2) is 25.4 Å². The summed E-state index contributed by atoms with van der Waals surface area (Å²) in [5.41, 5.74) is 3.67. The quantitative estimate of drug-likeness (QED) is 0.740. The number of hydrogen-bond donors (Lipinski definition) is 1. The molecule has 0 spiro atoms. The first-order valence-corrected chi connectivity index (χ1v) is 9.55. The highest BCUT2D eigenvalue weighted by molar-refractivity contribution is 7.09. The molecule has 0 saturated heterocycles. The minimum atomic E-state index is -0.0530. The van der Waals surface area contributed by atoms with E-state index in [4.69, 9.17) is 0 Å². The number of thiazole rings is 1. The standard InChI is InChI=1S/C20H19N5OS/c1-13-21-7-8-25(13)19-6-3-15(10-22-19)11-23-20(26)17-5-4-16(9-17)18-12-27-14(2)24-18/h3-4,6-10,12H,5,11H2,1-2H3,(H,23,26). The Morgan fingerprint density at radius 3 is 2.85 bits per heavy atom. The van der Waals surface area contributed by atoms with E-state index in [1.807, 2.05) is 54.3 Å². The molecular formula is C20H19N5OS. The molecule has 0 unspecified atom stereocenters. The van der Waals surface area contributed by atoms with Crippen molar-refractivity contribution >= 4 is 22.8 Å². The minimum Gasteiger partial charge on any atom is -0.348 e. The van der Waals surface area contributed by atoms with Gasteiger partial charge in [-0.1, -0.05) is 12.1 Å². The summed E-state index contributed by atoms with van der Waals surface area (Å²) in [4.78, 5) is 25.6. The van der Waals surface area contributed by atoms with Crippen LogP contribution in [0, 0.1) is 13.8 Å². The molecule has 4 rings (SSSR count). The molecule has 27 heavy (non-hydrogen) atoms. The normalized spacial score (nSPS) is 13.4. The molecule has 1 amide bonds. The molecule has 6 nitrogen and oxygen atoms in total. The van der Waals surface area contributed by atoms with E-state index in [2.05, 4.69) is 20.3 Å². The molecule has 1 aliphatic carbocycles. The molecule has 0 atom stereocenters. The van der Waals surface area contributed by atoms with Crippen molar-refractivity contribution in [3.8, 4) is 5.82 Å². The SMILES string of the molecule is Cc1nc(C2=CCC(C(=O)NCc3ccc(-n4ccnc4C)nc3)=C2)cs1. The number of aromatic nitrogens is 4. The van der Waals surface area contributed by atoms with Gasteiger partial charge in [-0.15, -0.1) is 11.3 Å². The van der Waals surface area contributed by atoms with Crippen LogP contribution in [0.15, 0.2) is 53.8 Å². The van der Waals surface area contributed by atoms with Crippen LogP contribution in [-0.2, 0) is 11.3 Å². The average molecular weight is 377 g/mol. The fraction of sp³-hybridized carbons (Fsp3) is 0.200. The third-order valence-corrected chi connectivity index (χ3v) is 5.19. The Morgan fingerprint density at radius 1 is 1.30 bits per heavy atom. The second kappa shape index (κ2) is 7.28. The number of amides is 1. The van der Waals surface area contributed by atoms with Gasteiger partial charge in [0.1, 0.15) is 11.6 Å². The number of nitrogens with one attached hydrogen (secondary N) is 1. The Labute approximate surface area is 161 Å². The number of pyridine rings is 1. The van der Waals surface area contributed by atoms with Crippen molar-refractivity contribution in [2.24, 2.45) is 0 Å². The largest absolute Gasteiger partial charge is 0.348 e. The predicted octanol–water partition coefficient (Wildman–Crippen LogP) is 3.37. The summed E-state index contributed by atoms with van der Waals surface area (Å²) in [6.07, 6.45) is 10.0.